The van der Waals surface area contributed by atoms with Crippen LogP contribution in [0.4, 0.5) is 8.78 Å². The second-order valence-electron chi connectivity index (χ2n) is 3.29. The molecule has 0 aliphatic carbocycles. The molecule has 1 atom stereocenters. The van der Waals surface area contributed by atoms with Crippen molar-refractivity contribution < 1.29 is 8.78 Å². The third-order valence-electron chi connectivity index (χ3n) is 2.04. The summed E-state index contributed by atoms with van der Waals surface area (Å²) in [5.41, 5.74) is 0.673. The van der Waals surface area contributed by atoms with E-state index < -0.39 is 11.6 Å². The normalized spacial score (nSPS) is 12.5. The molecule has 1 rings (SSSR count). The molecule has 0 radical (unpaired) electrons. The van der Waals surface area contributed by atoms with Crippen LogP contribution in [0.25, 0.3) is 0 Å². The molecule has 1 unspecified atom stereocenters. The molecular weight excluding hydrogens is 220 g/mol. The zero-order valence-corrected chi connectivity index (χ0v) is 9.11. The van der Waals surface area contributed by atoms with Gasteiger partial charge in [0, 0.05) is 17.6 Å². The molecule has 0 spiro atoms. The van der Waals surface area contributed by atoms with Crippen molar-refractivity contribution in [2.24, 2.45) is 0 Å². The highest BCUT2D eigenvalue weighted by atomic mass is 35.5. The van der Waals surface area contributed by atoms with E-state index in [9.17, 15) is 8.78 Å². The standard InChI is InChI=1S/C11H12ClF2N/c1-7(12)6-15-8(2)9-3-4-10(13)11(14)5-9/h3-5,8,15H,1,6H2,2H3. The Morgan fingerprint density at radius 2 is 2.13 bits per heavy atom. The van der Waals surface area contributed by atoms with Gasteiger partial charge in [-0.05, 0) is 24.6 Å². The van der Waals surface area contributed by atoms with Gasteiger partial charge >= 0.3 is 0 Å². The number of nitrogens with one attached hydrogen (secondary N) is 1. The van der Waals surface area contributed by atoms with Crippen molar-refractivity contribution >= 4 is 11.6 Å². The maximum atomic E-state index is 12.9. The Bertz CT molecular complexity index is 366. The van der Waals surface area contributed by atoms with Gasteiger partial charge in [-0.3, -0.25) is 0 Å². The second kappa shape index (κ2) is 5.24. The van der Waals surface area contributed by atoms with Crippen LogP contribution in [0, 0.1) is 11.6 Å². The first kappa shape index (κ1) is 12.1. The Morgan fingerprint density at radius 3 is 2.67 bits per heavy atom. The molecule has 0 saturated heterocycles. The van der Waals surface area contributed by atoms with Gasteiger partial charge < -0.3 is 5.32 Å². The van der Waals surface area contributed by atoms with Crippen molar-refractivity contribution in [1.82, 2.24) is 5.32 Å². The van der Waals surface area contributed by atoms with Crippen LogP contribution in [0.5, 0.6) is 0 Å². The van der Waals surface area contributed by atoms with Gasteiger partial charge in [0.25, 0.3) is 0 Å². The first-order valence-corrected chi connectivity index (χ1v) is 4.90. The summed E-state index contributed by atoms with van der Waals surface area (Å²) in [4.78, 5) is 0. The van der Waals surface area contributed by atoms with Gasteiger partial charge in [0.15, 0.2) is 11.6 Å². The molecule has 1 aromatic carbocycles. The van der Waals surface area contributed by atoms with Gasteiger partial charge in [-0.15, -0.1) is 0 Å². The van der Waals surface area contributed by atoms with Crippen LogP contribution in [-0.4, -0.2) is 6.54 Å². The van der Waals surface area contributed by atoms with Crippen LogP contribution in [0.3, 0.4) is 0 Å². The Balaban J connectivity index is 2.69. The molecule has 0 fully saturated rings. The minimum atomic E-state index is -0.842. The van der Waals surface area contributed by atoms with Gasteiger partial charge in [-0.1, -0.05) is 24.2 Å². The van der Waals surface area contributed by atoms with Crippen molar-refractivity contribution in [3.05, 3.63) is 47.0 Å². The topological polar surface area (TPSA) is 12.0 Å². The summed E-state index contributed by atoms with van der Waals surface area (Å²) in [7, 11) is 0. The zero-order chi connectivity index (χ0) is 11.4. The molecule has 0 saturated carbocycles. The Hall–Kier alpha value is -0.930. The van der Waals surface area contributed by atoms with E-state index in [1.165, 1.54) is 12.1 Å². The number of benzene rings is 1. The van der Waals surface area contributed by atoms with Crippen molar-refractivity contribution in [3.63, 3.8) is 0 Å². The fraction of sp³-hybridized carbons (Fsp3) is 0.273. The molecule has 0 bridgehead atoms. The molecule has 15 heavy (non-hydrogen) atoms. The fourth-order valence-corrected chi connectivity index (χ4v) is 1.24. The SMILES string of the molecule is C=C(Cl)CNC(C)c1ccc(F)c(F)c1. The van der Waals surface area contributed by atoms with E-state index in [-0.39, 0.29) is 6.04 Å². The summed E-state index contributed by atoms with van der Waals surface area (Å²) < 4.78 is 25.5. The lowest BCUT2D eigenvalue weighted by molar-refractivity contribution is 0.502. The molecule has 0 heterocycles. The maximum Gasteiger partial charge on any atom is 0.159 e. The quantitative estimate of drug-likeness (QED) is 0.838. The summed E-state index contributed by atoms with van der Waals surface area (Å²) >= 11 is 5.57. The number of hydrogen-bond donors (Lipinski definition) is 1. The lowest BCUT2D eigenvalue weighted by atomic mass is 10.1. The number of halogens is 3. The van der Waals surface area contributed by atoms with E-state index in [2.05, 4.69) is 11.9 Å². The Morgan fingerprint density at radius 1 is 1.47 bits per heavy atom. The molecular formula is C11H12ClF2N. The lowest BCUT2D eigenvalue weighted by Gasteiger charge is -2.13. The van der Waals surface area contributed by atoms with Crippen LogP contribution >= 0.6 is 11.6 Å². The van der Waals surface area contributed by atoms with Gasteiger partial charge in [0.1, 0.15) is 0 Å². The van der Waals surface area contributed by atoms with E-state index in [1.807, 2.05) is 6.92 Å². The average Bonchev–Trinajstić information content (AvgIpc) is 2.18. The summed E-state index contributed by atoms with van der Waals surface area (Å²) in [5, 5.41) is 3.50. The van der Waals surface area contributed by atoms with E-state index in [0.29, 0.717) is 17.1 Å². The van der Waals surface area contributed by atoms with Crippen LogP contribution in [-0.2, 0) is 0 Å². The van der Waals surface area contributed by atoms with Crippen LogP contribution in [0.2, 0.25) is 0 Å². The van der Waals surface area contributed by atoms with E-state index in [0.717, 1.165) is 6.07 Å². The highest BCUT2D eigenvalue weighted by Gasteiger charge is 2.08. The van der Waals surface area contributed by atoms with E-state index >= 15 is 0 Å². The predicted molar refractivity (Wildman–Crippen MR) is 57.8 cm³/mol. The monoisotopic (exact) mass is 231 g/mol. The fourth-order valence-electron chi connectivity index (χ4n) is 1.16. The molecule has 0 aromatic heterocycles. The molecule has 0 aliphatic rings. The second-order valence-corrected chi connectivity index (χ2v) is 3.83. The predicted octanol–water partition coefficient (Wildman–Crippen LogP) is 3.37. The maximum absolute atomic E-state index is 12.9. The summed E-state index contributed by atoms with van der Waals surface area (Å²) in [6.45, 7) is 5.79. The first-order chi connectivity index (χ1) is 7.00. The van der Waals surface area contributed by atoms with Crippen molar-refractivity contribution in [2.45, 2.75) is 13.0 Å². The van der Waals surface area contributed by atoms with E-state index in [4.69, 9.17) is 11.6 Å². The molecule has 4 heteroatoms. The molecule has 1 aromatic rings. The summed E-state index contributed by atoms with van der Waals surface area (Å²) in [5.74, 6) is -1.68. The van der Waals surface area contributed by atoms with Gasteiger partial charge in [0.2, 0.25) is 0 Å². The zero-order valence-electron chi connectivity index (χ0n) is 8.36. The number of hydrogen-bond acceptors (Lipinski definition) is 1. The first-order valence-electron chi connectivity index (χ1n) is 4.52. The molecule has 0 aliphatic heterocycles. The highest BCUT2D eigenvalue weighted by molar-refractivity contribution is 6.29. The minimum absolute atomic E-state index is 0.101. The lowest BCUT2D eigenvalue weighted by Crippen LogP contribution is -2.20. The van der Waals surface area contributed by atoms with Gasteiger partial charge in [-0.2, -0.15) is 0 Å². The molecule has 1 N–H and O–H groups in total. The Labute approximate surface area is 92.8 Å². The van der Waals surface area contributed by atoms with E-state index in [1.54, 1.807) is 0 Å². The third-order valence-corrected chi connectivity index (χ3v) is 2.18. The smallest absolute Gasteiger partial charge is 0.159 e. The summed E-state index contributed by atoms with van der Waals surface area (Å²) in [6, 6.07) is 3.71. The minimum Gasteiger partial charge on any atom is -0.305 e. The van der Waals surface area contributed by atoms with Crippen LogP contribution in [0.1, 0.15) is 18.5 Å². The van der Waals surface area contributed by atoms with Crippen molar-refractivity contribution in [2.75, 3.05) is 6.54 Å². The Kier molecular flexibility index (Phi) is 4.24. The van der Waals surface area contributed by atoms with Crippen molar-refractivity contribution in [3.8, 4) is 0 Å². The largest absolute Gasteiger partial charge is 0.305 e. The van der Waals surface area contributed by atoms with Crippen LogP contribution < -0.4 is 5.32 Å². The van der Waals surface area contributed by atoms with Crippen LogP contribution in [0.15, 0.2) is 29.8 Å². The third kappa shape index (κ3) is 3.61. The summed E-state index contributed by atoms with van der Waals surface area (Å²) in [6.07, 6.45) is 0. The van der Waals surface area contributed by atoms with Gasteiger partial charge in [-0.25, -0.2) is 8.78 Å². The molecule has 1 nitrogen and oxygen atoms in total. The highest BCUT2D eigenvalue weighted by Crippen LogP contribution is 2.16. The van der Waals surface area contributed by atoms with Gasteiger partial charge in [0.05, 0.1) is 0 Å². The average molecular weight is 232 g/mol. The van der Waals surface area contributed by atoms with Crippen molar-refractivity contribution in [1.29, 1.82) is 0 Å². The molecule has 82 valence electrons. The number of rotatable bonds is 4. The molecule has 0 amide bonds.